The molecule has 6 N–H and O–H groups in total. The van der Waals surface area contributed by atoms with Gasteiger partial charge in [-0.1, -0.05) is 29.8 Å². The molecule has 3 aromatic rings. The van der Waals surface area contributed by atoms with Crippen molar-refractivity contribution < 1.29 is 34.1 Å². The van der Waals surface area contributed by atoms with Crippen molar-refractivity contribution in [1.29, 1.82) is 0 Å². The first kappa shape index (κ1) is 28.7. The van der Waals surface area contributed by atoms with Gasteiger partial charge in [0.1, 0.15) is 12.3 Å². The average molecular weight is 553 g/mol. The highest BCUT2D eigenvalue weighted by molar-refractivity contribution is 6.31. The minimum absolute atomic E-state index is 0.000585. The quantitative estimate of drug-likeness (QED) is 0.120. The minimum Gasteiger partial charge on any atom is -0.480 e. The Labute approximate surface area is 228 Å². The highest BCUT2D eigenvalue weighted by Crippen LogP contribution is 2.25. The van der Waals surface area contributed by atoms with Crippen LogP contribution in [0.1, 0.15) is 38.3 Å². The molecule has 39 heavy (non-hydrogen) atoms. The monoisotopic (exact) mass is 552 g/mol. The maximum absolute atomic E-state index is 12.8. The lowest BCUT2D eigenvalue weighted by molar-refractivity contribution is -0.144. The highest BCUT2D eigenvalue weighted by Gasteiger charge is 2.18. The number of rotatable bonds is 11. The van der Waals surface area contributed by atoms with Gasteiger partial charge < -0.3 is 31.3 Å². The third-order valence-electron chi connectivity index (χ3n) is 5.46. The molecule has 0 radical (unpaired) electrons. The van der Waals surface area contributed by atoms with E-state index in [1.54, 1.807) is 18.2 Å². The molecular weight excluding hydrogens is 528 g/mol. The first-order chi connectivity index (χ1) is 18.5. The SMILES string of the molecule is NC(N)=Nc1ccc(C(=O)Oc2ccc(CCC(=O)N(CC(=O)O)Cc3ccc(C(=O)O)cc3)c(Cl)c2)cc1. The number of guanidine groups is 1. The number of nitrogens with two attached hydrogens (primary N) is 2. The van der Waals surface area contributed by atoms with Crippen molar-refractivity contribution in [1.82, 2.24) is 4.90 Å². The highest BCUT2D eigenvalue weighted by atomic mass is 35.5. The second-order valence-electron chi connectivity index (χ2n) is 8.37. The molecule has 0 saturated heterocycles. The van der Waals surface area contributed by atoms with Gasteiger partial charge >= 0.3 is 17.9 Å². The molecule has 0 aliphatic carbocycles. The molecule has 0 bridgehead atoms. The van der Waals surface area contributed by atoms with Crippen LogP contribution in [0.25, 0.3) is 0 Å². The summed E-state index contributed by atoms with van der Waals surface area (Å²) < 4.78 is 5.37. The zero-order valence-electron chi connectivity index (χ0n) is 20.5. The molecule has 0 unspecified atom stereocenters. The molecule has 0 fully saturated rings. The van der Waals surface area contributed by atoms with E-state index in [2.05, 4.69) is 4.99 Å². The van der Waals surface area contributed by atoms with Crippen molar-refractivity contribution in [2.75, 3.05) is 6.54 Å². The van der Waals surface area contributed by atoms with E-state index in [0.717, 1.165) is 0 Å². The number of amides is 1. The molecule has 11 nitrogen and oxygen atoms in total. The molecule has 202 valence electrons. The normalized spacial score (nSPS) is 10.4. The third kappa shape index (κ3) is 8.58. The molecule has 0 heterocycles. The van der Waals surface area contributed by atoms with Gasteiger partial charge in [0.25, 0.3) is 0 Å². The number of carboxylic acid groups (broad SMARTS) is 2. The summed E-state index contributed by atoms with van der Waals surface area (Å²) in [6, 6.07) is 16.6. The fraction of sp³-hybridized carbons (Fsp3) is 0.148. The molecule has 0 aromatic heterocycles. The lowest BCUT2D eigenvalue weighted by Crippen LogP contribution is -2.35. The summed E-state index contributed by atoms with van der Waals surface area (Å²) in [5, 5.41) is 18.5. The van der Waals surface area contributed by atoms with Gasteiger partial charge in [0.15, 0.2) is 5.96 Å². The van der Waals surface area contributed by atoms with Crippen LogP contribution < -0.4 is 16.2 Å². The van der Waals surface area contributed by atoms with Crippen molar-refractivity contribution in [3.8, 4) is 5.75 Å². The lowest BCUT2D eigenvalue weighted by atomic mass is 10.1. The fourth-order valence-corrected chi connectivity index (χ4v) is 3.81. The first-order valence-corrected chi connectivity index (χ1v) is 11.9. The predicted octanol–water partition coefficient (Wildman–Crippen LogP) is 3.21. The minimum atomic E-state index is -1.18. The summed E-state index contributed by atoms with van der Waals surface area (Å²) in [5.41, 5.74) is 12.7. The first-order valence-electron chi connectivity index (χ1n) is 11.5. The molecule has 0 atom stereocenters. The molecule has 0 spiro atoms. The van der Waals surface area contributed by atoms with Crippen LogP contribution in [0.2, 0.25) is 5.02 Å². The van der Waals surface area contributed by atoms with Crippen LogP contribution in [0.5, 0.6) is 5.75 Å². The Hall–Kier alpha value is -4.90. The Kier molecular flexibility index (Phi) is 9.60. The Morgan fingerprint density at radius 1 is 0.897 bits per heavy atom. The zero-order chi connectivity index (χ0) is 28.5. The van der Waals surface area contributed by atoms with Gasteiger partial charge in [-0.3, -0.25) is 9.59 Å². The van der Waals surface area contributed by atoms with Crippen LogP contribution in [0, 0.1) is 0 Å². The number of aliphatic imine (C=N–C) groups is 1. The second-order valence-corrected chi connectivity index (χ2v) is 8.78. The van der Waals surface area contributed by atoms with E-state index in [9.17, 15) is 24.3 Å². The van der Waals surface area contributed by atoms with Crippen molar-refractivity contribution in [2.24, 2.45) is 16.5 Å². The van der Waals surface area contributed by atoms with E-state index in [-0.39, 0.29) is 47.2 Å². The smallest absolute Gasteiger partial charge is 0.343 e. The Balaban J connectivity index is 1.61. The lowest BCUT2D eigenvalue weighted by Gasteiger charge is -2.21. The Morgan fingerprint density at radius 2 is 1.54 bits per heavy atom. The van der Waals surface area contributed by atoms with Gasteiger partial charge in [-0.05, 0) is 66.1 Å². The van der Waals surface area contributed by atoms with E-state index in [0.29, 0.717) is 16.8 Å². The number of nitrogens with zero attached hydrogens (tertiary/aromatic N) is 2. The number of carbonyl (C=O) groups is 4. The summed E-state index contributed by atoms with van der Waals surface area (Å²) in [4.78, 5) is 52.7. The summed E-state index contributed by atoms with van der Waals surface area (Å²) in [7, 11) is 0. The molecule has 0 saturated carbocycles. The van der Waals surface area contributed by atoms with Crippen LogP contribution in [0.3, 0.4) is 0 Å². The summed E-state index contributed by atoms with van der Waals surface area (Å²) in [6.07, 6.45) is 0.188. The molecule has 3 aromatic carbocycles. The number of aryl methyl sites for hydroxylation is 1. The maximum Gasteiger partial charge on any atom is 0.343 e. The van der Waals surface area contributed by atoms with Crippen LogP contribution in [0.4, 0.5) is 5.69 Å². The van der Waals surface area contributed by atoms with E-state index in [4.69, 9.17) is 32.9 Å². The number of benzene rings is 3. The number of ether oxygens (including phenoxy) is 1. The van der Waals surface area contributed by atoms with Crippen molar-refractivity contribution >= 4 is 47.1 Å². The average Bonchev–Trinajstić information content (AvgIpc) is 2.87. The number of carbonyl (C=O) groups excluding carboxylic acids is 2. The Bertz CT molecular complexity index is 1400. The molecule has 0 aliphatic rings. The standard InChI is InChI=1S/C27H25ClN4O7/c28-22-13-21(39-26(38)19-5-9-20(10-6-19)31-27(29)30)11-7-17(22)8-12-23(33)32(15-24(34)35)14-16-1-3-18(4-2-16)25(36)37/h1-7,9-11,13H,8,12,14-15H2,(H,34,35)(H,36,37)(H4,29,30,31). The predicted molar refractivity (Wildman–Crippen MR) is 143 cm³/mol. The number of halogens is 1. The van der Waals surface area contributed by atoms with Crippen LogP contribution in [0.15, 0.2) is 71.7 Å². The molecule has 1 amide bonds. The van der Waals surface area contributed by atoms with Crippen molar-refractivity contribution in [2.45, 2.75) is 19.4 Å². The fourth-order valence-electron chi connectivity index (χ4n) is 3.55. The van der Waals surface area contributed by atoms with E-state index >= 15 is 0 Å². The van der Waals surface area contributed by atoms with Crippen LogP contribution >= 0.6 is 11.6 Å². The van der Waals surface area contributed by atoms with Crippen molar-refractivity contribution in [3.05, 3.63) is 94.0 Å². The number of esters is 1. The largest absolute Gasteiger partial charge is 0.480 e. The van der Waals surface area contributed by atoms with Gasteiger partial charge in [-0.15, -0.1) is 0 Å². The zero-order valence-corrected chi connectivity index (χ0v) is 21.3. The van der Waals surface area contributed by atoms with E-state index in [1.165, 1.54) is 53.4 Å². The van der Waals surface area contributed by atoms with Gasteiger partial charge in [0.05, 0.1) is 16.8 Å². The number of aromatic carboxylic acids is 1. The second kappa shape index (κ2) is 13.1. The maximum atomic E-state index is 12.8. The molecule has 3 rings (SSSR count). The molecular formula is C27H25ClN4O7. The van der Waals surface area contributed by atoms with Crippen molar-refractivity contribution in [3.63, 3.8) is 0 Å². The number of aliphatic carboxylic acids is 1. The number of hydrogen-bond donors (Lipinski definition) is 4. The van der Waals surface area contributed by atoms with E-state index < -0.39 is 30.4 Å². The summed E-state index contributed by atoms with van der Waals surface area (Å²) >= 11 is 6.35. The summed E-state index contributed by atoms with van der Waals surface area (Å²) in [6.45, 7) is -0.518. The Morgan fingerprint density at radius 3 is 2.10 bits per heavy atom. The molecule has 12 heteroatoms. The van der Waals surface area contributed by atoms with Gasteiger partial charge in [0, 0.05) is 18.0 Å². The number of carboxylic acids is 2. The number of hydrogen-bond acceptors (Lipinski definition) is 6. The van der Waals surface area contributed by atoms with E-state index in [1.807, 2.05) is 0 Å². The van der Waals surface area contributed by atoms with Gasteiger partial charge in [-0.2, -0.15) is 0 Å². The van der Waals surface area contributed by atoms with Gasteiger partial charge in [-0.25, -0.2) is 14.6 Å². The topological polar surface area (TPSA) is 186 Å². The van der Waals surface area contributed by atoms with Crippen LogP contribution in [-0.4, -0.2) is 51.4 Å². The molecule has 0 aliphatic heterocycles. The van der Waals surface area contributed by atoms with Gasteiger partial charge in [0.2, 0.25) is 5.91 Å². The van der Waals surface area contributed by atoms with Crippen LogP contribution in [-0.2, 0) is 22.6 Å². The third-order valence-corrected chi connectivity index (χ3v) is 5.81. The summed E-state index contributed by atoms with van der Waals surface area (Å²) in [5.74, 6) is -3.22.